The van der Waals surface area contributed by atoms with Crippen molar-refractivity contribution in [3.8, 4) is 0 Å². The molecule has 0 N–H and O–H groups in total. The number of aliphatic imine (C=N–C) groups is 1. The summed E-state index contributed by atoms with van der Waals surface area (Å²) in [7, 11) is 1.61. The molecule has 1 aromatic heterocycles. The number of likely N-dealkylation sites (N-methyl/N-ethyl adjacent to an activating group) is 1. The Morgan fingerprint density at radius 2 is 1.83 bits per heavy atom. The van der Waals surface area contributed by atoms with E-state index in [1.807, 2.05) is 38.3 Å². The molecule has 4 rings (SSSR count). The Bertz CT molecular complexity index is 1100. The number of urea groups is 1. The second-order valence-electron chi connectivity index (χ2n) is 7.90. The predicted molar refractivity (Wildman–Crippen MR) is 109 cm³/mol. The molecule has 0 bridgehead atoms. The molecule has 2 aromatic rings. The van der Waals surface area contributed by atoms with Gasteiger partial charge >= 0.3 is 12.0 Å². The molecular weight excluding hydrogens is 387 g/mol. The van der Waals surface area contributed by atoms with Crippen LogP contribution in [-0.4, -0.2) is 67.0 Å². The summed E-state index contributed by atoms with van der Waals surface area (Å²) in [6.07, 6.45) is 0. The van der Waals surface area contributed by atoms with Crippen molar-refractivity contribution in [1.29, 1.82) is 0 Å². The van der Waals surface area contributed by atoms with Crippen molar-refractivity contribution in [2.45, 2.75) is 46.3 Å². The van der Waals surface area contributed by atoms with Crippen LogP contribution in [0, 0.1) is 19.7 Å². The SMILES string of the molecule is Cc1cc(C)n(C2=[N+](C(C)C)C3C(=O)N(Cc4ccc(F)cc4)C(=O)N(C)C3=N2)n1. The number of amidine groups is 1. The van der Waals surface area contributed by atoms with Gasteiger partial charge in [0.25, 0.3) is 5.91 Å². The molecule has 0 aliphatic carbocycles. The lowest BCUT2D eigenvalue weighted by Crippen LogP contribution is -2.63. The number of carbonyl (C=O) groups excluding carboxylic acids is 2. The third-order valence-corrected chi connectivity index (χ3v) is 5.34. The fourth-order valence-corrected chi connectivity index (χ4v) is 3.91. The monoisotopic (exact) mass is 411 g/mol. The first-order valence-electron chi connectivity index (χ1n) is 9.80. The first-order valence-corrected chi connectivity index (χ1v) is 9.80. The summed E-state index contributed by atoms with van der Waals surface area (Å²) in [5, 5.41) is 4.51. The molecule has 1 unspecified atom stereocenters. The van der Waals surface area contributed by atoms with E-state index in [-0.39, 0.29) is 24.3 Å². The summed E-state index contributed by atoms with van der Waals surface area (Å²) in [4.78, 5) is 33.7. The highest BCUT2D eigenvalue weighted by molar-refractivity contribution is 6.22. The number of amides is 3. The summed E-state index contributed by atoms with van der Waals surface area (Å²) in [5.74, 6) is 0.183. The van der Waals surface area contributed by atoms with Crippen molar-refractivity contribution in [2.24, 2.45) is 4.99 Å². The van der Waals surface area contributed by atoms with Crippen LogP contribution in [0.15, 0.2) is 35.3 Å². The van der Waals surface area contributed by atoms with E-state index in [0.29, 0.717) is 17.4 Å². The Balaban J connectivity index is 1.77. The van der Waals surface area contributed by atoms with E-state index in [0.717, 1.165) is 11.4 Å². The van der Waals surface area contributed by atoms with Gasteiger partial charge in [0.15, 0.2) is 0 Å². The number of hydrogen-bond acceptors (Lipinski definition) is 4. The van der Waals surface area contributed by atoms with Gasteiger partial charge in [-0.2, -0.15) is 0 Å². The minimum atomic E-state index is -0.730. The minimum absolute atomic E-state index is 0.0617. The summed E-state index contributed by atoms with van der Waals surface area (Å²) in [5.41, 5.74) is 2.40. The van der Waals surface area contributed by atoms with Crippen LogP contribution in [0.25, 0.3) is 0 Å². The first-order chi connectivity index (χ1) is 14.2. The summed E-state index contributed by atoms with van der Waals surface area (Å²) in [6, 6.07) is 6.46. The van der Waals surface area contributed by atoms with Crippen LogP contribution in [0.1, 0.15) is 30.8 Å². The van der Waals surface area contributed by atoms with Crippen LogP contribution in [0.2, 0.25) is 0 Å². The highest BCUT2D eigenvalue weighted by Crippen LogP contribution is 2.24. The van der Waals surface area contributed by atoms with E-state index < -0.39 is 12.1 Å². The lowest BCUT2D eigenvalue weighted by Gasteiger charge is -2.34. The zero-order valence-corrected chi connectivity index (χ0v) is 17.6. The number of hydrogen-bond donors (Lipinski definition) is 0. The molecule has 1 fully saturated rings. The van der Waals surface area contributed by atoms with E-state index in [1.165, 1.54) is 21.9 Å². The molecule has 1 aromatic carbocycles. The second kappa shape index (κ2) is 7.16. The Kier molecular flexibility index (Phi) is 4.76. The Hall–Kier alpha value is -3.36. The zero-order chi connectivity index (χ0) is 21.7. The number of benzene rings is 1. The smallest absolute Gasteiger partial charge is 0.270 e. The van der Waals surface area contributed by atoms with Gasteiger partial charge in [-0.25, -0.2) is 13.8 Å². The zero-order valence-electron chi connectivity index (χ0n) is 17.6. The maximum Gasteiger partial charge on any atom is 0.421 e. The van der Waals surface area contributed by atoms with Gasteiger partial charge in [-0.15, -0.1) is 9.78 Å². The number of fused-ring (bicyclic) bond motifs is 1. The van der Waals surface area contributed by atoms with Crippen molar-refractivity contribution in [3.63, 3.8) is 0 Å². The summed E-state index contributed by atoms with van der Waals surface area (Å²) in [6.45, 7) is 7.82. The maximum absolute atomic E-state index is 13.5. The number of aryl methyl sites for hydroxylation is 2. The molecule has 9 heteroatoms. The van der Waals surface area contributed by atoms with E-state index >= 15 is 0 Å². The number of rotatable bonds is 3. The van der Waals surface area contributed by atoms with Crippen molar-refractivity contribution in [1.82, 2.24) is 19.6 Å². The quantitative estimate of drug-likeness (QED) is 0.727. The number of nitrogens with zero attached hydrogens (tertiary/aromatic N) is 6. The number of imide groups is 1. The van der Waals surface area contributed by atoms with Crippen molar-refractivity contribution >= 4 is 23.7 Å². The van der Waals surface area contributed by atoms with Crippen LogP contribution in [0.3, 0.4) is 0 Å². The third kappa shape index (κ3) is 3.10. The molecule has 1 saturated heterocycles. The number of halogens is 1. The summed E-state index contributed by atoms with van der Waals surface area (Å²) >= 11 is 0. The van der Waals surface area contributed by atoms with Crippen LogP contribution < -0.4 is 0 Å². The molecule has 0 spiro atoms. The first kappa shape index (κ1) is 19.9. The molecular formula is C21H24FN6O2+. The highest BCUT2D eigenvalue weighted by Gasteiger charge is 2.53. The standard InChI is InChI=1S/C21H24FN6O2/c1-12(2)27-17-18(23-20(27)28-14(4)10-13(3)24-28)25(5)21(30)26(19(17)29)11-15-6-8-16(22)9-7-15/h6-10,12,17H,11H2,1-5H3/q+1. The molecule has 8 nitrogen and oxygen atoms in total. The van der Waals surface area contributed by atoms with Crippen LogP contribution in [0.5, 0.6) is 0 Å². The predicted octanol–water partition coefficient (Wildman–Crippen LogP) is 2.14. The van der Waals surface area contributed by atoms with E-state index in [1.54, 1.807) is 23.9 Å². The number of aromatic nitrogens is 2. The van der Waals surface area contributed by atoms with Gasteiger partial charge in [0.2, 0.25) is 11.9 Å². The Labute approximate surface area is 173 Å². The fraction of sp³-hybridized carbons (Fsp3) is 0.381. The second-order valence-corrected chi connectivity index (χ2v) is 7.90. The lowest BCUT2D eigenvalue weighted by molar-refractivity contribution is -0.567. The molecule has 0 radical (unpaired) electrons. The van der Waals surface area contributed by atoms with Crippen molar-refractivity contribution < 1.29 is 18.6 Å². The maximum atomic E-state index is 13.5. The topological polar surface area (TPSA) is 73.8 Å². The molecule has 3 heterocycles. The Morgan fingerprint density at radius 3 is 2.40 bits per heavy atom. The molecule has 0 saturated carbocycles. The lowest BCUT2D eigenvalue weighted by atomic mass is 10.1. The molecule has 30 heavy (non-hydrogen) atoms. The minimum Gasteiger partial charge on any atom is -0.270 e. The molecule has 156 valence electrons. The molecule has 2 aliphatic rings. The van der Waals surface area contributed by atoms with Crippen molar-refractivity contribution in [3.05, 3.63) is 53.1 Å². The fourth-order valence-electron chi connectivity index (χ4n) is 3.91. The van der Waals surface area contributed by atoms with Crippen LogP contribution in [0.4, 0.5) is 9.18 Å². The van der Waals surface area contributed by atoms with Crippen LogP contribution >= 0.6 is 0 Å². The normalized spacial score (nSPS) is 19.2. The van der Waals surface area contributed by atoms with Gasteiger partial charge in [0.05, 0.1) is 18.3 Å². The number of carbonyl (C=O) groups is 2. The van der Waals surface area contributed by atoms with Gasteiger partial charge < -0.3 is 0 Å². The van der Waals surface area contributed by atoms with Gasteiger partial charge in [-0.1, -0.05) is 17.1 Å². The van der Waals surface area contributed by atoms with Crippen molar-refractivity contribution in [2.75, 3.05) is 7.05 Å². The molecule has 1 atom stereocenters. The van der Waals surface area contributed by atoms with E-state index in [2.05, 4.69) is 10.1 Å². The van der Waals surface area contributed by atoms with E-state index in [4.69, 9.17) is 0 Å². The van der Waals surface area contributed by atoms with Gasteiger partial charge in [-0.05, 0) is 51.5 Å². The molecule has 3 amide bonds. The van der Waals surface area contributed by atoms with Gasteiger partial charge in [-0.3, -0.25) is 14.6 Å². The third-order valence-electron chi connectivity index (χ3n) is 5.34. The van der Waals surface area contributed by atoms with Gasteiger partial charge in [0, 0.05) is 7.05 Å². The largest absolute Gasteiger partial charge is 0.421 e. The molecule has 2 aliphatic heterocycles. The van der Waals surface area contributed by atoms with Crippen LogP contribution in [-0.2, 0) is 11.3 Å². The Morgan fingerprint density at radius 1 is 1.17 bits per heavy atom. The van der Waals surface area contributed by atoms with Gasteiger partial charge in [0.1, 0.15) is 11.5 Å². The summed E-state index contributed by atoms with van der Waals surface area (Å²) < 4.78 is 16.8. The highest BCUT2D eigenvalue weighted by atomic mass is 19.1. The average Bonchev–Trinajstić information content (AvgIpc) is 3.25. The van der Waals surface area contributed by atoms with E-state index in [9.17, 15) is 14.0 Å². The average molecular weight is 411 g/mol.